The van der Waals surface area contributed by atoms with Gasteiger partial charge >= 0.3 is 11.8 Å². The number of nitrogens with one attached hydrogen (secondary N) is 3. The summed E-state index contributed by atoms with van der Waals surface area (Å²) in [5.41, 5.74) is 2.21. The van der Waals surface area contributed by atoms with Gasteiger partial charge in [0.05, 0.1) is 0 Å². The number of hydrogen-bond donors (Lipinski definition) is 3. The average Bonchev–Trinajstić information content (AvgIpc) is 2.50. The molecule has 0 bridgehead atoms. The number of carbonyl (C=O) groups excluding carboxylic acids is 3. The molecule has 0 unspecified atom stereocenters. The first-order chi connectivity index (χ1) is 11.3. The normalized spacial score (nSPS) is 9.96. The highest BCUT2D eigenvalue weighted by Crippen LogP contribution is 2.20. The molecule has 2 aromatic carbocycles. The van der Waals surface area contributed by atoms with Gasteiger partial charge in [-0.1, -0.05) is 23.7 Å². The fourth-order valence-corrected chi connectivity index (χ4v) is 2.10. The summed E-state index contributed by atoms with van der Waals surface area (Å²) in [5, 5.41) is 8.03. The highest BCUT2D eigenvalue weighted by Gasteiger charge is 2.14. The summed E-state index contributed by atoms with van der Waals surface area (Å²) in [6.07, 6.45) is 0. The molecule has 0 aromatic heterocycles. The lowest BCUT2D eigenvalue weighted by molar-refractivity contribution is -0.132. The maximum absolute atomic E-state index is 12.0. The van der Waals surface area contributed by atoms with E-state index in [1.807, 2.05) is 6.92 Å². The van der Waals surface area contributed by atoms with Gasteiger partial charge in [0.1, 0.15) is 0 Å². The third-order valence-corrected chi connectivity index (χ3v) is 3.48. The first kappa shape index (κ1) is 17.5. The number of halogens is 1. The van der Waals surface area contributed by atoms with Crippen LogP contribution in [-0.2, 0) is 14.4 Å². The third kappa shape index (κ3) is 4.82. The van der Waals surface area contributed by atoms with Crippen molar-refractivity contribution >= 4 is 46.4 Å². The van der Waals surface area contributed by atoms with Crippen molar-refractivity contribution < 1.29 is 14.4 Å². The number of rotatable bonds is 3. The fraction of sp³-hybridized carbons (Fsp3) is 0.118. The van der Waals surface area contributed by atoms with E-state index in [1.165, 1.54) is 6.92 Å². The van der Waals surface area contributed by atoms with Crippen molar-refractivity contribution in [3.8, 4) is 0 Å². The van der Waals surface area contributed by atoms with E-state index in [0.717, 1.165) is 5.56 Å². The summed E-state index contributed by atoms with van der Waals surface area (Å²) in [5.74, 6) is -1.88. The second kappa shape index (κ2) is 7.61. The summed E-state index contributed by atoms with van der Waals surface area (Å²) in [4.78, 5) is 34.9. The predicted molar refractivity (Wildman–Crippen MR) is 94.2 cm³/mol. The van der Waals surface area contributed by atoms with Crippen LogP contribution in [0.5, 0.6) is 0 Å². The third-order valence-electron chi connectivity index (χ3n) is 3.08. The lowest BCUT2D eigenvalue weighted by Gasteiger charge is -2.09. The number of anilines is 3. The highest BCUT2D eigenvalue weighted by molar-refractivity contribution is 6.43. The summed E-state index contributed by atoms with van der Waals surface area (Å²) in [6, 6.07) is 11.5. The molecule has 0 aliphatic rings. The van der Waals surface area contributed by atoms with Crippen molar-refractivity contribution in [3.05, 3.63) is 53.1 Å². The molecule has 6 nitrogen and oxygen atoms in total. The van der Waals surface area contributed by atoms with Crippen molar-refractivity contribution in [1.29, 1.82) is 0 Å². The molecular formula is C17H16ClN3O3. The van der Waals surface area contributed by atoms with Crippen molar-refractivity contribution in [3.63, 3.8) is 0 Å². The van der Waals surface area contributed by atoms with E-state index in [-0.39, 0.29) is 5.91 Å². The maximum atomic E-state index is 12.0. The molecule has 0 spiro atoms. The van der Waals surface area contributed by atoms with Gasteiger partial charge in [-0.25, -0.2) is 0 Å². The molecule has 0 aliphatic carbocycles. The van der Waals surface area contributed by atoms with Crippen LogP contribution in [0.15, 0.2) is 42.5 Å². The minimum atomic E-state index is -0.827. The first-order valence-electron chi connectivity index (χ1n) is 7.11. The molecule has 24 heavy (non-hydrogen) atoms. The molecule has 0 saturated heterocycles. The number of carbonyl (C=O) groups is 3. The van der Waals surface area contributed by atoms with E-state index in [0.29, 0.717) is 22.1 Å². The summed E-state index contributed by atoms with van der Waals surface area (Å²) < 4.78 is 0. The Kier molecular flexibility index (Phi) is 5.55. The zero-order valence-corrected chi connectivity index (χ0v) is 13.9. The van der Waals surface area contributed by atoms with E-state index in [1.54, 1.807) is 42.5 Å². The van der Waals surface area contributed by atoms with Crippen molar-refractivity contribution in [1.82, 2.24) is 0 Å². The Bertz CT molecular complexity index is 805. The molecule has 2 aromatic rings. The van der Waals surface area contributed by atoms with E-state index in [9.17, 15) is 14.4 Å². The van der Waals surface area contributed by atoms with E-state index >= 15 is 0 Å². The van der Waals surface area contributed by atoms with Gasteiger partial charge in [0.25, 0.3) is 0 Å². The van der Waals surface area contributed by atoms with Crippen LogP contribution in [-0.4, -0.2) is 17.7 Å². The molecule has 2 rings (SSSR count). The number of aryl methyl sites for hydroxylation is 1. The minimum absolute atomic E-state index is 0.229. The van der Waals surface area contributed by atoms with Gasteiger partial charge in [-0.15, -0.1) is 0 Å². The van der Waals surface area contributed by atoms with Crippen LogP contribution >= 0.6 is 11.6 Å². The quantitative estimate of drug-likeness (QED) is 0.746. The van der Waals surface area contributed by atoms with Crippen LogP contribution in [0, 0.1) is 6.92 Å². The highest BCUT2D eigenvalue weighted by atomic mass is 35.5. The maximum Gasteiger partial charge on any atom is 0.314 e. The van der Waals surface area contributed by atoms with Crippen LogP contribution in [0.25, 0.3) is 0 Å². The van der Waals surface area contributed by atoms with Crippen molar-refractivity contribution in [2.45, 2.75) is 13.8 Å². The Balaban J connectivity index is 2.02. The van der Waals surface area contributed by atoms with Crippen LogP contribution in [0.4, 0.5) is 17.1 Å². The largest absolute Gasteiger partial charge is 0.326 e. The molecule has 0 saturated carbocycles. The topological polar surface area (TPSA) is 87.3 Å². The Hall–Kier alpha value is -2.86. The van der Waals surface area contributed by atoms with Gasteiger partial charge in [0.2, 0.25) is 5.91 Å². The summed E-state index contributed by atoms with van der Waals surface area (Å²) in [7, 11) is 0. The number of hydrogen-bond acceptors (Lipinski definition) is 3. The van der Waals surface area contributed by atoms with Gasteiger partial charge in [-0.2, -0.15) is 0 Å². The Morgan fingerprint density at radius 2 is 1.38 bits per heavy atom. The van der Waals surface area contributed by atoms with Gasteiger partial charge in [0.15, 0.2) is 0 Å². The number of amides is 3. The molecule has 0 radical (unpaired) electrons. The molecule has 124 valence electrons. The summed E-state index contributed by atoms with van der Waals surface area (Å²) >= 11 is 5.98. The minimum Gasteiger partial charge on any atom is -0.326 e. The first-order valence-corrected chi connectivity index (χ1v) is 7.49. The smallest absolute Gasteiger partial charge is 0.314 e. The zero-order valence-electron chi connectivity index (χ0n) is 13.1. The Morgan fingerprint density at radius 1 is 0.833 bits per heavy atom. The van der Waals surface area contributed by atoms with Crippen molar-refractivity contribution in [2.24, 2.45) is 0 Å². The van der Waals surface area contributed by atoms with Crippen molar-refractivity contribution in [2.75, 3.05) is 16.0 Å². The number of benzene rings is 2. The zero-order chi connectivity index (χ0) is 17.7. The van der Waals surface area contributed by atoms with Crippen LogP contribution in [0.1, 0.15) is 12.5 Å². The van der Waals surface area contributed by atoms with Crippen LogP contribution in [0.3, 0.4) is 0 Å². The average molecular weight is 346 g/mol. The summed E-state index contributed by atoms with van der Waals surface area (Å²) in [6.45, 7) is 3.22. The Labute approximate surface area is 144 Å². The molecule has 0 fully saturated rings. The molecule has 0 atom stereocenters. The van der Waals surface area contributed by atoms with Gasteiger partial charge < -0.3 is 16.0 Å². The second-order valence-corrected chi connectivity index (χ2v) is 5.54. The molecule has 0 aliphatic heterocycles. The monoisotopic (exact) mass is 345 g/mol. The van der Waals surface area contributed by atoms with Crippen LogP contribution in [0.2, 0.25) is 5.02 Å². The van der Waals surface area contributed by atoms with E-state index < -0.39 is 11.8 Å². The molecule has 0 heterocycles. The SMILES string of the molecule is CC(=O)Nc1cccc(NC(=O)C(=O)Nc2ccc(C)c(Cl)c2)c1. The van der Waals surface area contributed by atoms with Gasteiger partial charge in [0, 0.05) is 29.0 Å². The molecule has 3 N–H and O–H groups in total. The van der Waals surface area contributed by atoms with Crippen LogP contribution < -0.4 is 16.0 Å². The molecule has 7 heteroatoms. The fourth-order valence-electron chi connectivity index (χ4n) is 1.92. The second-order valence-electron chi connectivity index (χ2n) is 5.13. The predicted octanol–water partition coefficient (Wildman–Crippen LogP) is 3.18. The lowest BCUT2D eigenvalue weighted by atomic mass is 10.2. The Morgan fingerprint density at radius 3 is 1.92 bits per heavy atom. The molecule has 3 amide bonds. The lowest BCUT2D eigenvalue weighted by Crippen LogP contribution is -2.29. The van der Waals surface area contributed by atoms with E-state index in [2.05, 4.69) is 16.0 Å². The van der Waals surface area contributed by atoms with E-state index in [4.69, 9.17) is 11.6 Å². The standard InChI is InChI=1S/C17H16ClN3O3/c1-10-6-7-14(9-15(10)18)21-17(24)16(23)20-13-5-3-4-12(8-13)19-11(2)22/h3-9H,1-2H3,(H,19,22)(H,20,23)(H,21,24). The molecular weight excluding hydrogens is 330 g/mol. The van der Waals surface area contributed by atoms with Gasteiger partial charge in [-0.05, 0) is 42.8 Å². The van der Waals surface area contributed by atoms with Gasteiger partial charge in [-0.3, -0.25) is 14.4 Å².